The van der Waals surface area contributed by atoms with Gasteiger partial charge in [0.05, 0.1) is 19.1 Å². The standard InChI is InChI=1S/C16H13N2O.C15H10N2O.CH3I.HI/c1-17-9-10-18(11-17)14-7-4-6-13-12-5-2-3-8-15(12)19-16(13)14;1-2-7-14-11(4-1)12-5-3-6-13(15(12)18-14)17-9-8-16-10-17;1-2;/h2-11H,1H3;1-10H;1H3;1H/q+1;;;/p-1. The molecular formula is C32H26I2N4O2. The maximum Gasteiger partial charge on any atom is 0.248 e. The van der Waals surface area contributed by atoms with Crippen LogP contribution in [0, 0.1) is 0 Å². The maximum absolute atomic E-state index is 6.02. The Morgan fingerprint density at radius 2 is 1.18 bits per heavy atom. The first-order chi connectivity index (χ1) is 19.3. The second-order valence-electron chi connectivity index (χ2n) is 8.96. The molecular weight excluding hydrogens is 726 g/mol. The summed E-state index contributed by atoms with van der Waals surface area (Å²) >= 11 is 2.15. The molecule has 0 spiro atoms. The highest BCUT2D eigenvalue weighted by Gasteiger charge is 2.15. The van der Waals surface area contributed by atoms with Crippen LogP contribution < -0.4 is 28.5 Å². The third-order valence-electron chi connectivity index (χ3n) is 6.60. The van der Waals surface area contributed by atoms with Crippen LogP contribution in [0.4, 0.5) is 0 Å². The second kappa shape index (κ2) is 12.3. The van der Waals surface area contributed by atoms with Gasteiger partial charge in [-0.25, -0.2) is 9.55 Å². The number of para-hydroxylation sites is 4. The molecule has 40 heavy (non-hydrogen) atoms. The van der Waals surface area contributed by atoms with Gasteiger partial charge in [-0.15, -0.1) is 0 Å². The van der Waals surface area contributed by atoms with Gasteiger partial charge in [-0.2, -0.15) is 4.57 Å². The van der Waals surface area contributed by atoms with Crippen molar-refractivity contribution in [1.29, 1.82) is 0 Å². The van der Waals surface area contributed by atoms with Crippen molar-refractivity contribution in [3.05, 3.63) is 122 Å². The summed E-state index contributed by atoms with van der Waals surface area (Å²) in [6, 6.07) is 28.6. The molecule has 0 aliphatic rings. The van der Waals surface area contributed by atoms with Crippen molar-refractivity contribution in [2.75, 3.05) is 4.93 Å². The number of hydrogen-bond acceptors (Lipinski definition) is 3. The number of fused-ring (bicyclic) bond motifs is 6. The van der Waals surface area contributed by atoms with Crippen molar-refractivity contribution in [1.82, 2.24) is 14.1 Å². The zero-order valence-corrected chi connectivity index (χ0v) is 26.2. The SMILES string of the molecule is CI.C[n+]1ccn(-c2cccc3c2oc2ccccc23)c1.[I-].c1ccc2c(c1)oc1c(-n3ccnc3)cccc12. The minimum absolute atomic E-state index is 0. The molecule has 8 heteroatoms. The lowest BCUT2D eigenvalue weighted by atomic mass is 10.1. The summed E-state index contributed by atoms with van der Waals surface area (Å²) in [4.78, 5) is 6.05. The quantitative estimate of drug-likeness (QED) is 0.142. The fraction of sp³-hybridized carbons (Fsp3) is 0.0625. The van der Waals surface area contributed by atoms with Crippen LogP contribution in [0.1, 0.15) is 0 Å². The molecule has 0 radical (unpaired) electrons. The molecule has 200 valence electrons. The van der Waals surface area contributed by atoms with Gasteiger partial charge in [-0.3, -0.25) is 0 Å². The zero-order valence-electron chi connectivity index (χ0n) is 21.9. The van der Waals surface area contributed by atoms with E-state index in [2.05, 4.69) is 68.5 Å². The predicted molar refractivity (Wildman–Crippen MR) is 165 cm³/mol. The topological polar surface area (TPSA) is 52.9 Å². The van der Waals surface area contributed by atoms with E-state index in [1.807, 2.05) is 94.6 Å². The molecule has 0 amide bonds. The number of hydrogen-bond donors (Lipinski definition) is 0. The van der Waals surface area contributed by atoms with Crippen LogP contribution in [0.25, 0.3) is 55.3 Å². The van der Waals surface area contributed by atoms with E-state index in [4.69, 9.17) is 8.83 Å². The van der Waals surface area contributed by atoms with Gasteiger partial charge in [0, 0.05) is 33.9 Å². The van der Waals surface area contributed by atoms with Crippen LogP contribution in [0.3, 0.4) is 0 Å². The number of nitrogens with zero attached hydrogens (tertiary/aromatic N) is 4. The normalized spacial score (nSPS) is 10.7. The van der Waals surface area contributed by atoms with Crippen molar-refractivity contribution in [2.45, 2.75) is 0 Å². The summed E-state index contributed by atoms with van der Waals surface area (Å²) in [6.07, 6.45) is 11.5. The minimum Gasteiger partial charge on any atom is -1.00 e. The number of aryl methyl sites for hydroxylation is 1. The summed E-state index contributed by atoms with van der Waals surface area (Å²) in [5.74, 6) is 0. The number of rotatable bonds is 2. The van der Waals surface area contributed by atoms with Gasteiger partial charge in [0.25, 0.3) is 0 Å². The van der Waals surface area contributed by atoms with E-state index in [-0.39, 0.29) is 24.0 Å². The molecule has 0 aliphatic heterocycles. The van der Waals surface area contributed by atoms with E-state index in [1.54, 1.807) is 12.5 Å². The number of alkyl halides is 1. The Morgan fingerprint density at radius 3 is 1.68 bits per heavy atom. The molecule has 6 nitrogen and oxygen atoms in total. The van der Waals surface area contributed by atoms with E-state index in [0.717, 1.165) is 55.3 Å². The Balaban J connectivity index is 0.000000149. The molecule has 8 rings (SSSR count). The lowest BCUT2D eigenvalue weighted by Gasteiger charge is -2.01. The van der Waals surface area contributed by atoms with E-state index < -0.39 is 0 Å². The third kappa shape index (κ3) is 5.13. The van der Waals surface area contributed by atoms with Gasteiger partial charge in [-0.1, -0.05) is 83.3 Å². The molecule has 0 saturated carbocycles. The molecule has 4 aromatic heterocycles. The molecule has 0 saturated heterocycles. The van der Waals surface area contributed by atoms with E-state index in [9.17, 15) is 0 Å². The first-order valence-corrected chi connectivity index (χ1v) is 14.6. The van der Waals surface area contributed by atoms with E-state index >= 15 is 0 Å². The van der Waals surface area contributed by atoms with Crippen molar-refractivity contribution in [2.24, 2.45) is 7.05 Å². The van der Waals surface area contributed by atoms with Crippen LogP contribution in [0.2, 0.25) is 0 Å². The average Bonchev–Trinajstić information content (AvgIpc) is 3.79. The van der Waals surface area contributed by atoms with Crippen LogP contribution in [-0.2, 0) is 7.05 Å². The highest BCUT2D eigenvalue weighted by atomic mass is 127. The molecule has 4 heterocycles. The Bertz CT molecular complexity index is 2020. The molecule has 0 bridgehead atoms. The fourth-order valence-electron chi connectivity index (χ4n) is 4.87. The monoisotopic (exact) mass is 752 g/mol. The number of imidazole rings is 2. The van der Waals surface area contributed by atoms with E-state index in [0.29, 0.717) is 0 Å². The van der Waals surface area contributed by atoms with Crippen LogP contribution in [0.15, 0.2) is 131 Å². The Morgan fingerprint density at radius 1 is 0.650 bits per heavy atom. The largest absolute Gasteiger partial charge is 1.00 e. The van der Waals surface area contributed by atoms with Crippen molar-refractivity contribution < 1.29 is 37.4 Å². The summed E-state index contributed by atoms with van der Waals surface area (Å²) in [7, 11) is 2.01. The number of halogens is 2. The molecule has 4 aromatic carbocycles. The van der Waals surface area contributed by atoms with Crippen molar-refractivity contribution in [3.8, 4) is 11.4 Å². The zero-order chi connectivity index (χ0) is 26.8. The van der Waals surface area contributed by atoms with Gasteiger partial charge in [-0.05, 0) is 29.2 Å². The Labute approximate surface area is 262 Å². The number of aromatic nitrogens is 4. The number of benzene rings is 4. The molecule has 0 aliphatic carbocycles. The Hall–Kier alpha value is -3.64. The first-order valence-electron chi connectivity index (χ1n) is 12.5. The molecule has 0 fully saturated rings. The highest BCUT2D eigenvalue weighted by Crippen LogP contribution is 2.33. The van der Waals surface area contributed by atoms with Gasteiger partial charge < -0.3 is 37.4 Å². The van der Waals surface area contributed by atoms with Crippen molar-refractivity contribution >= 4 is 66.5 Å². The summed E-state index contributed by atoms with van der Waals surface area (Å²) < 4.78 is 18.0. The second-order valence-corrected chi connectivity index (χ2v) is 8.96. The third-order valence-corrected chi connectivity index (χ3v) is 6.60. The van der Waals surface area contributed by atoms with Crippen molar-refractivity contribution in [3.63, 3.8) is 0 Å². The smallest absolute Gasteiger partial charge is 0.248 e. The lowest BCUT2D eigenvalue weighted by Crippen LogP contribution is -3.00. The average molecular weight is 752 g/mol. The van der Waals surface area contributed by atoms with Gasteiger partial charge in [0.15, 0.2) is 16.9 Å². The summed E-state index contributed by atoms with van der Waals surface area (Å²) in [5, 5.41) is 4.60. The van der Waals surface area contributed by atoms with Crippen LogP contribution in [0.5, 0.6) is 0 Å². The van der Waals surface area contributed by atoms with E-state index in [1.165, 1.54) is 0 Å². The minimum atomic E-state index is 0. The van der Waals surface area contributed by atoms with Crippen LogP contribution >= 0.6 is 22.6 Å². The number of furan rings is 2. The predicted octanol–water partition coefficient (Wildman–Crippen LogP) is 5.03. The summed E-state index contributed by atoms with van der Waals surface area (Å²) in [6.45, 7) is 0. The van der Waals surface area contributed by atoms with Crippen LogP contribution in [-0.4, -0.2) is 19.0 Å². The lowest BCUT2D eigenvalue weighted by molar-refractivity contribution is -0.670. The first kappa shape index (κ1) is 27.9. The van der Waals surface area contributed by atoms with Gasteiger partial charge >= 0.3 is 0 Å². The summed E-state index contributed by atoms with van der Waals surface area (Å²) in [5.41, 5.74) is 5.76. The molecule has 0 unspecified atom stereocenters. The Kier molecular flexibility index (Phi) is 8.55. The highest BCUT2D eigenvalue weighted by molar-refractivity contribution is 14.1. The maximum atomic E-state index is 6.02. The molecule has 0 N–H and O–H groups in total. The van der Waals surface area contributed by atoms with Gasteiger partial charge in [0.2, 0.25) is 6.33 Å². The molecule has 8 aromatic rings. The van der Waals surface area contributed by atoms with Gasteiger partial charge in [0.1, 0.15) is 23.6 Å². The molecule has 0 atom stereocenters. The fourth-order valence-corrected chi connectivity index (χ4v) is 4.87.